The van der Waals surface area contributed by atoms with Crippen LogP contribution in [0.3, 0.4) is 0 Å². The Kier molecular flexibility index (Phi) is 6.50. The van der Waals surface area contributed by atoms with Crippen LogP contribution >= 0.6 is 22.9 Å². The molecule has 1 fully saturated rings. The molecule has 0 saturated carbocycles. The first-order valence-electron chi connectivity index (χ1n) is 10.2. The molecule has 0 atom stereocenters. The van der Waals surface area contributed by atoms with Crippen LogP contribution in [0.15, 0.2) is 52.9 Å². The lowest BCUT2D eigenvalue weighted by Crippen LogP contribution is -2.40. The number of fused-ring (bicyclic) bond motifs is 1. The third-order valence-corrected chi connectivity index (χ3v) is 8.49. The summed E-state index contributed by atoms with van der Waals surface area (Å²) in [6.45, 7) is 2.07. The molecule has 1 saturated heterocycles. The average Bonchev–Trinajstić information content (AvgIpc) is 3.16. The van der Waals surface area contributed by atoms with Crippen LogP contribution in [0.2, 0.25) is 5.02 Å². The van der Waals surface area contributed by atoms with Crippen molar-refractivity contribution in [3.05, 3.63) is 57.8 Å². The molecule has 4 rings (SSSR count). The Morgan fingerprint density at radius 1 is 1.13 bits per heavy atom. The SMILES string of the molecule is N=c1sccn1CC1CCN(C(=O)CCS(=O)(=O)c2ccc3cc(Cl)ccc3c2)CC1. The minimum Gasteiger partial charge on any atom is -0.343 e. The summed E-state index contributed by atoms with van der Waals surface area (Å²) in [5.74, 6) is 0.124. The number of likely N-dealkylation sites (tertiary alicyclic amines) is 1. The highest BCUT2D eigenvalue weighted by Crippen LogP contribution is 2.24. The van der Waals surface area contributed by atoms with Gasteiger partial charge < -0.3 is 9.47 Å². The Labute approximate surface area is 190 Å². The Morgan fingerprint density at radius 3 is 2.55 bits per heavy atom. The van der Waals surface area contributed by atoms with Crippen molar-refractivity contribution in [1.29, 1.82) is 5.41 Å². The molecular formula is C22H24ClN3O3S2. The summed E-state index contributed by atoms with van der Waals surface area (Å²) < 4.78 is 27.5. The predicted molar refractivity (Wildman–Crippen MR) is 123 cm³/mol. The maximum Gasteiger partial charge on any atom is 0.223 e. The van der Waals surface area contributed by atoms with E-state index in [4.69, 9.17) is 17.0 Å². The molecule has 0 spiro atoms. The van der Waals surface area contributed by atoms with Crippen molar-refractivity contribution in [2.75, 3.05) is 18.8 Å². The second-order valence-corrected chi connectivity index (χ2v) is 11.3. The second-order valence-electron chi connectivity index (χ2n) is 7.91. The topological polar surface area (TPSA) is 83.2 Å². The number of piperidine rings is 1. The number of hydrogen-bond acceptors (Lipinski definition) is 5. The van der Waals surface area contributed by atoms with E-state index in [1.165, 1.54) is 11.3 Å². The van der Waals surface area contributed by atoms with Crippen LogP contribution in [0.1, 0.15) is 19.3 Å². The Bertz CT molecular complexity index is 1260. The molecular weight excluding hydrogens is 454 g/mol. The van der Waals surface area contributed by atoms with Crippen molar-refractivity contribution in [2.24, 2.45) is 5.92 Å². The molecule has 1 aromatic heterocycles. The summed E-state index contributed by atoms with van der Waals surface area (Å²) in [6, 6.07) is 10.3. The van der Waals surface area contributed by atoms with Crippen molar-refractivity contribution in [2.45, 2.75) is 30.7 Å². The van der Waals surface area contributed by atoms with Crippen molar-refractivity contribution in [1.82, 2.24) is 9.47 Å². The third-order valence-electron chi connectivity index (χ3n) is 5.82. The van der Waals surface area contributed by atoms with Gasteiger partial charge in [-0.2, -0.15) is 0 Å². The molecule has 0 aliphatic carbocycles. The molecule has 1 aliphatic rings. The molecule has 2 heterocycles. The zero-order chi connectivity index (χ0) is 22.0. The average molecular weight is 478 g/mol. The zero-order valence-electron chi connectivity index (χ0n) is 17.0. The number of thiazole rings is 1. The van der Waals surface area contributed by atoms with E-state index >= 15 is 0 Å². The normalized spacial score (nSPS) is 15.5. The van der Waals surface area contributed by atoms with Crippen LogP contribution in [0.5, 0.6) is 0 Å². The number of sulfone groups is 1. The van der Waals surface area contributed by atoms with Gasteiger partial charge in [-0.05, 0) is 53.8 Å². The van der Waals surface area contributed by atoms with E-state index in [2.05, 4.69) is 0 Å². The molecule has 1 N–H and O–H groups in total. The number of hydrogen-bond donors (Lipinski definition) is 1. The van der Waals surface area contributed by atoms with Crippen LogP contribution in [0.25, 0.3) is 10.8 Å². The van der Waals surface area contributed by atoms with Gasteiger partial charge in [0.05, 0.1) is 10.6 Å². The minimum absolute atomic E-state index is 0.0121. The molecule has 6 nitrogen and oxygen atoms in total. The van der Waals surface area contributed by atoms with Crippen LogP contribution in [0.4, 0.5) is 0 Å². The Hall–Kier alpha value is -2.16. The van der Waals surface area contributed by atoms with E-state index in [0.717, 1.165) is 30.2 Å². The third kappa shape index (κ3) is 5.19. The highest BCUT2D eigenvalue weighted by molar-refractivity contribution is 7.91. The van der Waals surface area contributed by atoms with Gasteiger partial charge >= 0.3 is 0 Å². The number of amides is 1. The molecule has 3 aromatic rings. The van der Waals surface area contributed by atoms with E-state index in [1.807, 2.05) is 16.1 Å². The van der Waals surface area contributed by atoms with Crippen LogP contribution in [-0.2, 0) is 21.2 Å². The number of carbonyl (C=O) groups excluding carboxylic acids is 1. The van der Waals surface area contributed by atoms with Crippen LogP contribution in [0, 0.1) is 11.3 Å². The summed E-state index contributed by atoms with van der Waals surface area (Å²) in [4.78, 5) is 15.2. The number of nitrogens with one attached hydrogen (secondary N) is 1. The van der Waals surface area contributed by atoms with E-state index < -0.39 is 9.84 Å². The summed E-state index contributed by atoms with van der Waals surface area (Å²) in [5, 5.41) is 12.1. The molecule has 0 bridgehead atoms. The van der Waals surface area contributed by atoms with Crippen LogP contribution < -0.4 is 4.80 Å². The van der Waals surface area contributed by atoms with Gasteiger partial charge in [0, 0.05) is 42.7 Å². The van der Waals surface area contributed by atoms with Crippen LogP contribution in [-0.4, -0.2) is 42.6 Å². The quantitative estimate of drug-likeness (QED) is 0.583. The first-order chi connectivity index (χ1) is 14.8. The second kappa shape index (κ2) is 9.14. The minimum atomic E-state index is -3.55. The first-order valence-corrected chi connectivity index (χ1v) is 13.1. The maximum absolute atomic E-state index is 12.8. The predicted octanol–water partition coefficient (Wildman–Crippen LogP) is 3.94. The lowest BCUT2D eigenvalue weighted by atomic mass is 9.96. The standard InChI is InChI=1S/C22H24ClN3O3S2/c23-19-3-1-18-14-20(4-2-17(18)13-19)31(28,29)12-7-21(27)25-8-5-16(6-9-25)15-26-10-11-30-22(26)24/h1-4,10-11,13-14,16,24H,5-9,12,15H2. The monoisotopic (exact) mass is 477 g/mol. The number of aromatic nitrogens is 1. The van der Waals surface area contributed by atoms with E-state index in [0.29, 0.717) is 28.8 Å². The zero-order valence-corrected chi connectivity index (χ0v) is 19.3. The highest BCUT2D eigenvalue weighted by Gasteiger charge is 2.25. The largest absolute Gasteiger partial charge is 0.343 e. The van der Waals surface area contributed by atoms with E-state index in [9.17, 15) is 13.2 Å². The summed E-state index contributed by atoms with van der Waals surface area (Å²) >= 11 is 7.40. The van der Waals surface area contributed by atoms with Gasteiger partial charge in [-0.3, -0.25) is 10.2 Å². The highest BCUT2D eigenvalue weighted by atomic mass is 35.5. The van der Waals surface area contributed by atoms with Crippen molar-refractivity contribution in [3.8, 4) is 0 Å². The molecule has 164 valence electrons. The molecule has 1 aliphatic heterocycles. The summed E-state index contributed by atoms with van der Waals surface area (Å²) in [6.07, 6.45) is 3.65. The van der Waals surface area contributed by atoms with Gasteiger partial charge in [0.1, 0.15) is 0 Å². The fourth-order valence-electron chi connectivity index (χ4n) is 3.98. The van der Waals surface area contributed by atoms with Gasteiger partial charge in [0.2, 0.25) is 5.91 Å². The molecule has 0 radical (unpaired) electrons. The number of nitrogens with zero attached hydrogens (tertiary/aromatic N) is 2. The van der Waals surface area contributed by atoms with Crippen molar-refractivity contribution in [3.63, 3.8) is 0 Å². The smallest absolute Gasteiger partial charge is 0.223 e. The van der Waals surface area contributed by atoms with Gasteiger partial charge in [-0.1, -0.05) is 23.7 Å². The first kappa shape index (κ1) is 22.0. The Balaban J connectivity index is 1.32. The van der Waals surface area contributed by atoms with Crippen molar-refractivity contribution < 1.29 is 13.2 Å². The van der Waals surface area contributed by atoms with Gasteiger partial charge in [-0.15, -0.1) is 11.3 Å². The molecule has 2 aromatic carbocycles. The number of halogens is 1. The molecule has 1 amide bonds. The van der Waals surface area contributed by atoms with Gasteiger partial charge in [-0.25, -0.2) is 8.42 Å². The van der Waals surface area contributed by atoms with Crippen molar-refractivity contribution >= 4 is 49.5 Å². The molecule has 0 unspecified atom stereocenters. The Morgan fingerprint density at radius 2 is 1.84 bits per heavy atom. The summed E-state index contributed by atoms with van der Waals surface area (Å²) in [5.41, 5.74) is 0. The number of carbonyl (C=O) groups is 1. The number of rotatable bonds is 6. The van der Waals surface area contributed by atoms with Gasteiger partial charge in [0.25, 0.3) is 0 Å². The van der Waals surface area contributed by atoms with E-state index in [-0.39, 0.29) is 23.0 Å². The maximum atomic E-state index is 12.8. The molecule has 31 heavy (non-hydrogen) atoms. The van der Waals surface area contributed by atoms with Gasteiger partial charge in [0.15, 0.2) is 14.6 Å². The lowest BCUT2D eigenvalue weighted by molar-refractivity contribution is -0.132. The lowest BCUT2D eigenvalue weighted by Gasteiger charge is -2.32. The fraction of sp³-hybridized carbons (Fsp3) is 0.364. The van der Waals surface area contributed by atoms with E-state index in [1.54, 1.807) is 41.3 Å². The summed E-state index contributed by atoms with van der Waals surface area (Å²) in [7, 11) is -3.55. The molecule has 9 heteroatoms. The number of benzene rings is 2. The fourth-order valence-corrected chi connectivity index (χ4v) is 6.03.